The van der Waals surface area contributed by atoms with Crippen molar-refractivity contribution in [2.75, 3.05) is 6.61 Å². The van der Waals surface area contributed by atoms with Gasteiger partial charge in [-0.25, -0.2) is 0 Å². The second-order valence-electron chi connectivity index (χ2n) is 13.1. The summed E-state index contributed by atoms with van der Waals surface area (Å²) in [4.78, 5) is 36.8. The number of rotatable bonds is 4. The maximum absolute atomic E-state index is 12.7. The Morgan fingerprint density at radius 1 is 1.00 bits per heavy atom. The molecule has 0 radical (unpaired) electrons. The molecule has 9 heteroatoms. The van der Waals surface area contributed by atoms with E-state index < -0.39 is 70.5 Å². The van der Waals surface area contributed by atoms with Gasteiger partial charge < -0.3 is 28.8 Å². The highest BCUT2D eigenvalue weighted by atomic mass is 16.8. The molecule has 2 saturated carbocycles. The van der Waals surface area contributed by atoms with Crippen molar-refractivity contribution in [3.63, 3.8) is 0 Å². The van der Waals surface area contributed by atoms with E-state index in [0.717, 1.165) is 11.1 Å². The van der Waals surface area contributed by atoms with Gasteiger partial charge in [0.2, 0.25) is 0 Å². The van der Waals surface area contributed by atoms with Crippen LogP contribution in [0.2, 0.25) is 0 Å². The van der Waals surface area contributed by atoms with Gasteiger partial charge in [0.25, 0.3) is 0 Å². The van der Waals surface area contributed by atoms with Crippen LogP contribution in [0.15, 0.2) is 11.1 Å². The van der Waals surface area contributed by atoms with Gasteiger partial charge >= 0.3 is 17.9 Å². The quantitative estimate of drug-likeness (QED) is 0.325. The lowest BCUT2D eigenvalue weighted by molar-refractivity contribution is -0.243. The fraction of sp³-hybridized carbons (Fsp3) is 0.828. The minimum absolute atomic E-state index is 0.0627. The summed E-state index contributed by atoms with van der Waals surface area (Å²) in [5.74, 6) is -3.05. The molecule has 1 saturated heterocycles. The van der Waals surface area contributed by atoms with Crippen LogP contribution in [0.4, 0.5) is 0 Å². The molecule has 0 aromatic carbocycles. The van der Waals surface area contributed by atoms with Crippen LogP contribution in [0.25, 0.3) is 0 Å². The molecule has 214 valence electrons. The summed E-state index contributed by atoms with van der Waals surface area (Å²) < 4.78 is 30.7. The van der Waals surface area contributed by atoms with Crippen molar-refractivity contribution in [2.24, 2.45) is 22.7 Å². The highest BCUT2D eigenvalue weighted by Gasteiger charge is 2.70. The fourth-order valence-corrected chi connectivity index (χ4v) is 8.37. The summed E-state index contributed by atoms with van der Waals surface area (Å²) in [6.07, 6.45) is -0.326. The lowest BCUT2D eigenvalue weighted by Crippen LogP contribution is -2.68. The van der Waals surface area contributed by atoms with Gasteiger partial charge in [-0.1, -0.05) is 20.8 Å². The first-order valence-electron chi connectivity index (χ1n) is 13.7. The van der Waals surface area contributed by atoms with Gasteiger partial charge in [0.15, 0.2) is 5.79 Å². The van der Waals surface area contributed by atoms with Crippen LogP contribution in [0.5, 0.6) is 0 Å². The summed E-state index contributed by atoms with van der Waals surface area (Å²) in [6.45, 7) is 15.9. The normalized spacial score (nSPS) is 41.2. The molecule has 1 heterocycles. The average molecular weight is 537 g/mol. The first kappa shape index (κ1) is 29.0. The van der Waals surface area contributed by atoms with Gasteiger partial charge in [-0.3, -0.25) is 14.4 Å². The van der Waals surface area contributed by atoms with Crippen molar-refractivity contribution in [3.8, 4) is 0 Å². The molecule has 0 aromatic heterocycles. The van der Waals surface area contributed by atoms with Crippen LogP contribution in [-0.4, -0.2) is 65.4 Å². The lowest BCUT2D eigenvalue weighted by atomic mass is 9.48. The minimum atomic E-state index is -1.11. The molecule has 1 N–H and O–H groups in total. The van der Waals surface area contributed by atoms with E-state index in [1.165, 1.54) is 20.8 Å². The Balaban J connectivity index is 1.96. The third-order valence-electron chi connectivity index (χ3n) is 9.49. The maximum Gasteiger partial charge on any atom is 0.303 e. The minimum Gasteiger partial charge on any atom is -0.463 e. The number of esters is 3. The van der Waals surface area contributed by atoms with Gasteiger partial charge in [0.05, 0.1) is 12.2 Å². The Morgan fingerprint density at radius 2 is 1.63 bits per heavy atom. The zero-order valence-corrected chi connectivity index (χ0v) is 24.2. The molecular weight excluding hydrogens is 492 g/mol. The van der Waals surface area contributed by atoms with Gasteiger partial charge in [-0.15, -0.1) is 0 Å². The van der Waals surface area contributed by atoms with Crippen LogP contribution in [0.1, 0.15) is 88.0 Å². The number of hydrogen-bond donors (Lipinski definition) is 1. The largest absolute Gasteiger partial charge is 0.463 e. The number of fused-ring (bicyclic) bond motifs is 5. The predicted octanol–water partition coefficient (Wildman–Crippen LogP) is 3.85. The fourth-order valence-electron chi connectivity index (χ4n) is 8.37. The monoisotopic (exact) mass is 536 g/mol. The molecule has 4 rings (SSSR count). The zero-order valence-electron chi connectivity index (χ0n) is 24.2. The molecular formula is C29H44O9. The van der Waals surface area contributed by atoms with E-state index in [1.54, 1.807) is 0 Å². The Labute approximate surface area is 225 Å². The van der Waals surface area contributed by atoms with Crippen molar-refractivity contribution in [2.45, 2.75) is 124 Å². The third-order valence-corrected chi connectivity index (χ3v) is 9.49. The molecule has 1 aliphatic heterocycles. The number of ether oxygens (including phenoxy) is 5. The number of aliphatic hydroxyl groups excluding tert-OH is 1. The van der Waals surface area contributed by atoms with Crippen LogP contribution in [0.3, 0.4) is 0 Å². The Morgan fingerprint density at radius 3 is 2.21 bits per heavy atom. The topological polar surface area (TPSA) is 118 Å². The van der Waals surface area contributed by atoms with E-state index in [4.69, 9.17) is 23.7 Å². The smallest absolute Gasteiger partial charge is 0.303 e. The number of carbonyl (C=O) groups is 3. The van der Waals surface area contributed by atoms with Crippen LogP contribution in [0, 0.1) is 22.7 Å². The van der Waals surface area contributed by atoms with E-state index in [1.807, 2.05) is 20.8 Å². The standard InChI is InChI=1S/C29H44O9/c1-15-21(35-17(3)31)12-19-24(36-18(4)32)25-28(9,13-20(33)23(15)26(19,5)6)11-10-22-29(25,14-34-16(2)30)38-27(7,8)37-22/h19-22,24-25,33H,10-14H2,1-9H3/t19-,20-,21-,22-,24+,25-,28-,29-/m0/s1. The van der Waals surface area contributed by atoms with Crippen molar-refractivity contribution in [1.82, 2.24) is 0 Å². The van der Waals surface area contributed by atoms with Gasteiger partial charge in [-0.2, -0.15) is 0 Å². The van der Waals surface area contributed by atoms with Crippen molar-refractivity contribution >= 4 is 17.9 Å². The second kappa shape index (κ2) is 9.59. The van der Waals surface area contributed by atoms with Crippen LogP contribution >= 0.6 is 0 Å². The molecule has 4 aliphatic rings. The van der Waals surface area contributed by atoms with E-state index >= 15 is 0 Å². The molecule has 3 fully saturated rings. The Bertz CT molecular complexity index is 1030. The van der Waals surface area contributed by atoms with E-state index in [2.05, 4.69) is 20.8 Å². The van der Waals surface area contributed by atoms with Crippen molar-refractivity contribution in [1.29, 1.82) is 0 Å². The number of hydrogen-bond acceptors (Lipinski definition) is 9. The molecule has 0 unspecified atom stereocenters. The molecule has 3 aliphatic carbocycles. The Hall–Kier alpha value is -1.97. The molecule has 0 aromatic rings. The van der Waals surface area contributed by atoms with Gasteiger partial charge in [0, 0.05) is 32.6 Å². The summed E-state index contributed by atoms with van der Waals surface area (Å²) in [5.41, 5.74) is -0.567. The summed E-state index contributed by atoms with van der Waals surface area (Å²) in [7, 11) is 0. The Kier molecular flexibility index (Phi) is 7.33. The van der Waals surface area contributed by atoms with E-state index in [-0.39, 0.29) is 12.5 Å². The van der Waals surface area contributed by atoms with Crippen molar-refractivity contribution < 1.29 is 43.2 Å². The van der Waals surface area contributed by atoms with Crippen LogP contribution < -0.4 is 0 Å². The third kappa shape index (κ3) is 4.79. The van der Waals surface area contributed by atoms with Gasteiger partial charge in [-0.05, 0) is 68.4 Å². The number of carbonyl (C=O) groups excluding carboxylic acids is 3. The van der Waals surface area contributed by atoms with Crippen LogP contribution in [-0.2, 0) is 38.1 Å². The van der Waals surface area contributed by atoms with Gasteiger partial charge in [0.1, 0.15) is 24.4 Å². The first-order valence-corrected chi connectivity index (χ1v) is 13.7. The molecule has 8 atom stereocenters. The summed E-state index contributed by atoms with van der Waals surface area (Å²) in [5, 5.41) is 11.8. The molecule has 0 spiro atoms. The summed E-state index contributed by atoms with van der Waals surface area (Å²) in [6, 6.07) is 0. The SMILES string of the molecule is CC(=O)OC[C@]12OC(C)(C)O[C@H]1CC[C@@]1(C)C[C@H](O)C3=C(C)[C@@H](OC(C)=O)C[C@@H]([C@@H](OC(C)=O)[C@@H]12)C3(C)C. The van der Waals surface area contributed by atoms with E-state index in [9.17, 15) is 19.5 Å². The highest BCUT2D eigenvalue weighted by molar-refractivity contribution is 5.67. The first-order chi connectivity index (χ1) is 17.4. The predicted molar refractivity (Wildman–Crippen MR) is 137 cm³/mol. The second-order valence-corrected chi connectivity index (χ2v) is 13.1. The zero-order chi connectivity index (χ0) is 28.4. The molecule has 38 heavy (non-hydrogen) atoms. The molecule has 9 nitrogen and oxygen atoms in total. The number of aliphatic hydroxyl groups is 1. The van der Waals surface area contributed by atoms with Crippen molar-refractivity contribution in [3.05, 3.63) is 11.1 Å². The molecule has 0 amide bonds. The maximum atomic E-state index is 12.7. The molecule has 2 bridgehead atoms. The highest BCUT2D eigenvalue weighted by Crippen LogP contribution is 2.64. The summed E-state index contributed by atoms with van der Waals surface area (Å²) >= 11 is 0. The lowest BCUT2D eigenvalue weighted by Gasteiger charge is -2.61. The average Bonchev–Trinajstić information content (AvgIpc) is 3.02. The van der Waals surface area contributed by atoms with E-state index in [0.29, 0.717) is 25.7 Å².